The zero-order chi connectivity index (χ0) is 9.84. The molecule has 0 saturated heterocycles. The third kappa shape index (κ3) is 2.70. The number of nitrogens with one attached hydrogen (secondary N) is 1. The minimum absolute atomic E-state index is 0.00574. The van der Waals surface area contributed by atoms with Crippen LogP contribution in [0.15, 0.2) is 16.5 Å². The molecule has 0 spiro atoms. The normalized spacial score (nSPS) is 12.8. The Morgan fingerprint density at radius 3 is 2.69 bits per heavy atom. The zero-order valence-electron chi connectivity index (χ0n) is 8.26. The monoisotopic (exact) mass is 181 g/mol. The van der Waals surface area contributed by atoms with Gasteiger partial charge in [0.15, 0.2) is 0 Å². The van der Waals surface area contributed by atoms with E-state index in [1.807, 2.05) is 26.1 Å². The van der Waals surface area contributed by atoms with Gasteiger partial charge in [-0.15, -0.1) is 0 Å². The number of furan rings is 1. The summed E-state index contributed by atoms with van der Waals surface area (Å²) in [5.41, 5.74) is 0. The highest BCUT2D eigenvalue weighted by Crippen LogP contribution is 2.18. The second kappa shape index (κ2) is 4.23. The van der Waals surface area contributed by atoms with Crippen molar-refractivity contribution in [3.63, 3.8) is 0 Å². The number of aryl methyl sites for hydroxylation is 1. The third-order valence-electron chi connectivity index (χ3n) is 1.94. The lowest BCUT2D eigenvalue weighted by Gasteiger charge is -2.10. The molecule has 0 fully saturated rings. The van der Waals surface area contributed by atoms with Crippen LogP contribution in [0.25, 0.3) is 0 Å². The van der Waals surface area contributed by atoms with Crippen LogP contribution in [-0.2, 0) is 4.79 Å². The number of carbonyl (C=O) groups excluding carboxylic acids is 1. The number of ketones is 1. The summed E-state index contributed by atoms with van der Waals surface area (Å²) in [5, 5.41) is 3.05. The molecule has 0 aliphatic heterocycles. The van der Waals surface area contributed by atoms with Crippen LogP contribution >= 0.6 is 0 Å². The summed E-state index contributed by atoms with van der Waals surface area (Å²) in [6, 6.07) is 3.81. The molecule has 0 saturated carbocycles. The molecule has 0 amide bonds. The maximum absolute atomic E-state index is 10.9. The van der Waals surface area contributed by atoms with Crippen molar-refractivity contribution < 1.29 is 9.21 Å². The largest absolute Gasteiger partial charge is 0.465 e. The molecule has 1 aromatic heterocycles. The van der Waals surface area contributed by atoms with Crippen molar-refractivity contribution in [1.82, 2.24) is 5.32 Å². The fourth-order valence-corrected chi connectivity index (χ4v) is 1.27. The van der Waals surface area contributed by atoms with E-state index in [1.54, 1.807) is 6.92 Å². The Labute approximate surface area is 78.1 Å². The molecule has 1 heterocycles. The zero-order valence-corrected chi connectivity index (χ0v) is 8.26. The van der Waals surface area contributed by atoms with Crippen LogP contribution in [0.4, 0.5) is 0 Å². The van der Waals surface area contributed by atoms with Crippen molar-refractivity contribution in [1.29, 1.82) is 0 Å². The fourth-order valence-electron chi connectivity index (χ4n) is 1.27. The van der Waals surface area contributed by atoms with Gasteiger partial charge in [-0.3, -0.25) is 4.79 Å². The van der Waals surface area contributed by atoms with Crippen molar-refractivity contribution in [2.45, 2.75) is 26.3 Å². The van der Waals surface area contributed by atoms with E-state index in [-0.39, 0.29) is 11.8 Å². The van der Waals surface area contributed by atoms with Gasteiger partial charge >= 0.3 is 0 Å². The van der Waals surface area contributed by atoms with E-state index in [4.69, 9.17) is 4.42 Å². The molecule has 1 aromatic rings. The maximum atomic E-state index is 10.9. The van der Waals surface area contributed by atoms with E-state index in [9.17, 15) is 4.79 Å². The Morgan fingerprint density at radius 1 is 1.62 bits per heavy atom. The average Bonchev–Trinajstić information content (AvgIpc) is 2.47. The van der Waals surface area contributed by atoms with Gasteiger partial charge in [0, 0.05) is 6.42 Å². The highest BCUT2D eigenvalue weighted by molar-refractivity contribution is 5.76. The van der Waals surface area contributed by atoms with E-state index in [0.717, 1.165) is 11.5 Å². The third-order valence-corrected chi connectivity index (χ3v) is 1.94. The number of rotatable bonds is 4. The lowest BCUT2D eigenvalue weighted by atomic mass is 10.1. The van der Waals surface area contributed by atoms with E-state index in [0.29, 0.717) is 6.42 Å². The van der Waals surface area contributed by atoms with Crippen LogP contribution in [0.2, 0.25) is 0 Å². The van der Waals surface area contributed by atoms with Crippen LogP contribution < -0.4 is 5.32 Å². The van der Waals surface area contributed by atoms with Crippen molar-refractivity contribution >= 4 is 5.78 Å². The summed E-state index contributed by atoms with van der Waals surface area (Å²) < 4.78 is 5.42. The van der Waals surface area contributed by atoms with Gasteiger partial charge in [-0.05, 0) is 33.0 Å². The highest BCUT2D eigenvalue weighted by Gasteiger charge is 2.14. The van der Waals surface area contributed by atoms with Gasteiger partial charge in [0.2, 0.25) is 0 Å². The van der Waals surface area contributed by atoms with Gasteiger partial charge in [0.25, 0.3) is 0 Å². The number of hydrogen-bond donors (Lipinski definition) is 1. The Balaban J connectivity index is 2.72. The first-order valence-corrected chi connectivity index (χ1v) is 4.36. The first kappa shape index (κ1) is 9.99. The second-order valence-corrected chi connectivity index (χ2v) is 3.20. The Morgan fingerprint density at radius 2 is 2.31 bits per heavy atom. The van der Waals surface area contributed by atoms with Gasteiger partial charge in [0.05, 0.1) is 6.04 Å². The Bertz CT molecular complexity index is 291. The molecule has 72 valence electrons. The van der Waals surface area contributed by atoms with Crippen molar-refractivity contribution in [3.8, 4) is 0 Å². The van der Waals surface area contributed by atoms with Gasteiger partial charge in [0.1, 0.15) is 17.3 Å². The summed E-state index contributed by atoms with van der Waals surface area (Å²) in [4.78, 5) is 10.9. The van der Waals surface area contributed by atoms with E-state index < -0.39 is 0 Å². The maximum Gasteiger partial charge on any atom is 0.131 e. The minimum Gasteiger partial charge on any atom is -0.465 e. The van der Waals surface area contributed by atoms with Gasteiger partial charge in [-0.2, -0.15) is 0 Å². The Kier molecular flexibility index (Phi) is 3.25. The summed E-state index contributed by atoms with van der Waals surface area (Å²) in [7, 11) is 1.82. The number of hydrogen-bond acceptors (Lipinski definition) is 3. The van der Waals surface area contributed by atoms with Crippen molar-refractivity contribution in [3.05, 3.63) is 23.7 Å². The molecular weight excluding hydrogens is 166 g/mol. The van der Waals surface area contributed by atoms with Gasteiger partial charge < -0.3 is 9.73 Å². The quantitative estimate of drug-likeness (QED) is 0.770. The average molecular weight is 181 g/mol. The molecule has 0 aliphatic rings. The molecule has 3 nitrogen and oxygen atoms in total. The van der Waals surface area contributed by atoms with Crippen molar-refractivity contribution in [2.24, 2.45) is 0 Å². The molecule has 1 N–H and O–H groups in total. The van der Waals surface area contributed by atoms with Crippen molar-refractivity contribution in [2.75, 3.05) is 7.05 Å². The molecule has 1 rings (SSSR count). The first-order chi connectivity index (χ1) is 6.13. The molecule has 3 heteroatoms. The molecule has 0 radical (unpaired) electrons. The van der Waals surface area contributed by atoms with Gasteiger partial charge in [-0.1, -0.05) is 0 Å². The lowest BCUT2D eigenvalue weighted by molar-refractivity contribution is -0.117. The molecule has 0 aromatic carbocycles. The van der Waals surface area contributed by atoms with Crippen LogP contribution in [0.5, 0.6) is 0 Å². The SMILES string of the molecule is CNC(CC(C)=O)c1ccc(C)o1. The van der Waals surface area contributed by atoms with Gasteiger partial charge in [-0.25, -0.2) is 0 Å². The molecule has 1 atom stereocenters. The predicted octanol–water partition coefficient (Wildman–Crippen LogP) is 1.83. The van der Waals surface area contributed by atoms with Crippen LogP contribution in [0.1, 0.15) is 30.9 Å². The topological polar surface area (TPSA) is 42.2 Å². The van der Waals surface area contributed by atoms with E-state index in [1.165, 1.54) is 0 Å². The number of Topliss-reactive ketones (excluding diaryl/α,β-unsaturated/α-hetero) is 1. The molecule has 0 bridgehead atoms. The van der Waals surface area contributed by atoms with Crippen LogP contribution in [-0.4, -0.2) is 12.8 Å². The van der Waals surface area contributed by atoms with Crippen LogP contribution in [0.3, 0.4) is 0 Å². The lowest BCUT2D eigenvalue weighted by Crippen LogP contribution is -2.18. The summed E-state index contributed by atoms with van der Waals surface area (Å²) in [5.74, 6) is 1.86. The highest BCUT2D eigenvalue weighted by atomic mass is 16.3. The predicted molar refractivity (Wildman–Crippen MR) is 50.5 cm³/mol. The molecule has 13 heavy (non-hydrogen) atoms. The van der Waals surface area contributed by atoms with Crippen LogP contribution in [0, 0.1) is 6.92 Å². The first-order valence-electron chi connectivity index (χ1n) is 4.36. The van der Waals surface area contributed by atoms with E-state index >= 15 is 0 Å². The minimum atomic E-state index is 0.00574. The summed E-state index contributed by atoms with van der Waals surface area (Å²) in [6.07, 6.45) is 0.476. The Hall–Kier alpha value is -1.09. The smallest absolute Gasteiger partial charge is 0.131 e. The molecule has 0 aliphatic carbocycles. The number of carbonyl (C=O) groups is 1. The molecule has 1 unspecified atom stereocenters. The standard InChI is InChI=1S/C10H15NO2/c1-7(12)6-9(11-3)10-5-4-8(2)13-10/h4-5,9,11H,6H2,1-3H3. The molecular formula is C10H15NO2. The fraction of sp³-hybridized carbons (Fsp3) is 0.500. The second-order valence-electron chi connectivity index (χ2n) is 3.20. The van der Waals surface area contributed by atoms with E-state index in [2.05, 4.69) is 5.32 Å². The summed E-state index contributed by atoms with van der Waals surface area (Å²) in [6.45, 7) is 3.48. The summed E-state index contributed by atoms with van der Waals surface area (Å²) >= 11 is 0.